The molecule has 0 radical (unpaired) electrons. The first-order valence-electron chi connectivity index (χ1n) is 6.07. The molecule has 1 aliphatic heterocycles. The SMILES string of the molecule is COc1ccc(NC(=O)CN2CC(CN)C2)cc1. The van der Waals surface area contributed by atoms with Crippen molar-refractivity contribution in [2.45, 2.75) is 0 Å². The number of carbonyl (C=O) groups is 1. The van der Waals surface area contributed by atoms with E-state index in [4.69, 9.17) is 10.5 Å². The van der Waals surface area contributed by atoms with Crippen molar-refractivity contribution in [3.05, 3.63) is 24.3 Å². The third-order valence-electron chi connectivity index (χ3n) is 3.11. The number of hydrogen-bond acceptors (Lipinski definition) is 4. The van der Waals surface area contributed by atoms with Crippen molar-refractivity contribution in [2.75, 3.05) is 38.6 Å². The summed E-state index contributed by atoms with van der Waals surface area (Å²) >= 11 is 0. The van der Waals surface area contributed by atoms with Crippen LogP contribution in [0.2, 0.25) is 0 Å². The van der Waals surface area contributed by atoms with Gasteiger partial charge in [-0.15, -0.1) is 0 Å². The molecule has 0 bridgehead atoms. The third kappa shape index (κ3) is 3.21. The number of anilines is 1. The van der Waals surface area contributed by atoms with E-state index in [1.165, 1.54) is 0 Å². The van der Waals surface area contributed by atoms with Crippen LogP contribution in [-0.4, -0.2) is 44.1 Å². The number of benzene rings is 1. The summed E-state index contributed by atoms with van der Waals surface area (Å²) in [5, 5.41) is 2.86. The topological polar surface area (TPSA) is 67.6 Å². The van der Waals surface area contributed by atoms with Crippen molar-refractivity contribution in [1.29, 1.82) is 0 Å². The van der Waals surface area contributed by atoms with E-state index in [1.807, 2.05) is 24.3 Å². The number of nitrogens with zero attached hydrogens (tertiary/aromatic N) is 1. The molecule has 3 N–H and O–H groups in total. The van der Waals surface area contributed by atoms with E-state index in [0.717, 1.165) is 24.5 Å². The maximum absolute atomic E-state index is 11.7. The third-order valence-corrected chi connectivity index (χ3v) is 3.11. The number of hydrogen-bond donors (Lipinski definition) is 2. The summed E-state index contributed by atoms with van der Waals surface area (Å²) in [6.07, 6.45) is 0. The Labute approximate surface area is 107 Å². The van der Waals surface area contributed by atoms with Crippen LogP contribution in [0.3, 0.4) is 0 Å². The average Bonchev–Trinajstić information content (AvgIpc) is 2.34. The Hall–Kier alpha value is -1.59. The Bertz CT molecular complexity index is 399. The second kappa shape index (κ2) is 5.84. The highest BCUT2D eigenvalue weighted by atomic mass is 16.5. The van der Waals surface area contributed by atoms with Crippen LogP contribution < -0.4 is 15.8 Å². The molecule has 0 spiro atoms. The van der Waals surface area contributed by atoms with Gasteiger partial charge in [0, 0.05) is 18.8 Å². The molecule has 1 heterocycles. The van der Waals surface area contributed by atoms with Crippen molar-refractivity contribution in [1.82, 2.24) is 4.90 Å². The summed E-state index contributed by atoms with van der Waals surface area (Å²) in [5.74, 6) is 1.34. The van der Waals surface area contributed by atoms with Gasteiger partial charge in [-0.05, 0) is 36.7 Å². The molecule has 18 heavy (non-hydrogen) atoms. The number of rotatable bonds is 5. The first-order valence-corrected chi connectivity index (χ1v) is 6.07. The summed E-state index contributed by atoms with van der Waals surface area (Å²) in [7, 11) is 1.62. The molecule has 5 heteroatoms. The highest BCUT2D eigenvalue weighted by Crippen LogP contribution is 2.16. The van der Waals surface area contributed by atoms with Gasteiger partial charge in [-0.2, -0.15) is 0 Å². The lowest BCUT2D eigenvalue weighted by Crippen LogP contribution is -2.52. The van der Waals surface area contributed by atoms with Crippen LogP contribution in [0, 0.1) is 5.92 Å². The van der Waals surface area contributed by atoms with E-state index in [0.29, 0.717) is 19.0 Å². The van der Waals surface area contributed by atoms with Crippen molar-refractivity contribution in [3.8, 4) is 5.75 Å². The standard InChI is InChI=1S/C13H19N3O2/c1-18-12-4-2-11(3-5-12)15-13(17)9-16-7-10(6-14)8-16/h2-5,10H,6-9,14H2,1H3,(H,15,17). The monoisotopic (exact) mass is 249 g/mol. The van der Waals surface area contributed by atoms with Gasteiger partial charge in [0.2, 0.25) is 5.91 Å². The van der Waals surface area contributed by atoms with Crippen LogP contribution in [0.15, 0.2) is 24.3 Å². The molecule has 1 aliphatic rings. The molecule has 2 rings (SSSR count). The predicted octanol–water partition coefficient (Wildman–Crippen LogP) is 0.524. The van der Waals surface area contributed by atoms with Gasteiger partial charge in [0.1, 0.15) is 5.75 Å². The Kier molecular flexibility index (Phi) is 4.17. The molecule has 0 atom stereocenters. The number of nitrogens with two attached hydrogens (primary N) is 1. The van der Waals surface area contributed by atoms with Crippen LogP contribution in [0.5, 0.6) is 5.75 Å². The Morgan fingerprint density at radius 2 is 2.11 bits per heavy atom. The van der Waals surface area contributed by atoms with Gasteiger partial charge in [-0.3, -0.25) is 9.69 Å². The lowest BCUT2D eigenvalue weighted by atomic mass is 10.0. The number of ether oxygens (including phenoxy) is 1. The molecular formula is C13H19N3O2. The second-order valence-electron chi connectivity index (χ2n) is 4.57. The number of amides is 1. The van der Waals surface area contributed by atoms with E-state index in [1.54, 1.807) is 7.11 Å². The van der Waals surface area contributed by atoms with E-state index in [9.17, 15) is 4.79 Å². The van der Waals surface area contributed by atoms with Crippen molar-refractivity contribution < 1.29 is 9.53 Å². The fourth-order valence-corrected chi connectivity index (χ4v) is 2.03. The molecule has 0 aliphatic carbocycles. The van der Waals surface area contributed by atoms with Crippen LogP contribution in [0.25, 0.3) is 0 Å². The molecule has 1 aromatic rings. The number of nitrogens with one attached hydrogen (secondary N) is 1. The normalized spacial score (nSPS) is 16.1. The van der Waals surface area contributed by atoms with E-state index in [-0.39, 0.29) is 5.91 Å². The van der Waals surface area contributed by atoms with Gasteiger partial charge in [-0.1, -0.05) is 0 Å². The van der Waals surface area contributed by atoms with Crippen molar-refractivity contribution in [3.63, 3.8) is 0 Å². The molecule has 1 fully saturated rings. The molecule has 1 aromatic carbocycles. The lowest BCUT2D eigenvalue weighted by molar-refractivity contribution is -0.118. The van der Waals surface area contributed by atoms with Crippen LogP contribution in [-0.2, 0) is 4.79 Å². The molecule has 1 amide bonds. The highest BCUT2D eigenvalue weighted by Gasteiger charge is 2.26. The van der Waals surface area contributed by atoms with Gasteiger partial charge in [0.05, 0.1) is 13.7 Å². The molecule has 1 saturated heterocycles. The van der Waals surface area contributed by atoms with E-state index >= 15 is 0 Å². The van der Waals surface area contributed by atoms with E-state index in [2.05, 4.69) is 10.2 Å². The summed E-state index contributed by atoms with van der Waals surface area (Å²) in [5.41, 5.74) is 6.33. The van der Waals surface area contributed by atoms with Gasteiger partial charge >= 0.3 is 0 Å². The Morgan fingerprint density at radius 3 is 2.67 bits per heavy atom. The molecule has 0 aromatic heterocycles. The fourth-order valence-electron chi connectivity index (χ4n) is 2.03. The zero-order valence-electron chi connectivity index (χ0n) is 10.6. The maximum atomic E-state index is 11.7. The van der Waals surface area contributed by atoms with Crippen molar-refractivity contribution in [2.24, 2.45) is 11.7 Å². The van der Waals surface area contributed by atoms with Crippen LogP contribution >= 0.6 is 0 Å². The molecule has 0 saturated carbocycles. The Balaban J connectivity index is 1.77. The lowest BCUT2D eigenvalue weighted by Gasteiger charge is -2.37. The van der Waals surface area contributed by atoms with Crippen LogP contribution in [0.4, 0.5) is 5.69 Å². The van der Waals surface area contributed by atoms with E-state index < -0.39 is 0 Å². The summed E-state index contributed by atoms with van der Waals surface area (Å²) in [6, 6.07) is 7.30. The average molecular weight is 249 g/mol. The van der Waals surface area contributed by atoms with Crippen LogP contribution in [0.1, 0.15) is 0 Å². The zero-order chi connectivity index (χ0) is 13.0. The largest absolute Gasteiger partial charge is 0.497 e. The summed E-state index contributed by atoms with van der Waals surface area (Å²) in [4.78, 5) is 13.8. The number of carbonyl (C=O) groups excluding carboxylic acids is 1. The molecule has 0 unspecified atom stereocenters. The number of likely N-dealkylation sites (tertiary alicyclic amines) is 1. The maximum Gasteiger partial charge on any atom is 0.238 e. The van der Waals surface area contributed by atoms with Gasteiger partial charge in [0.25, 0.3) is 0 Å². The van der Waals surface area contributed by atoms with Gasteiger partial charge < -0.3 is 15.8 Å². The summed E-state index contributed by atoms with van der Waals surface area (Å²) < 4.78 is 5.06. The fraction of sp³-hybridized carbons (Fsp3) is 0.462. The van der Waals surface area contributed by atoms with Crippen molar-refractivity contribution >= 4 is 11.6 Å². The first kappa shape index (κ1) is 12.9. The molecule has 5 nitrogen and oxygen atoms in total. The quantitative estimate of drug-likeness (QED) is 0.798. The Morgan fingerprint density at radius 1 is 1.44 bits per heavy atom. The minimum Gasteiger partial charge on any atom is -0.497 e. The second-order valence-corrected chi connectivity index (χ2v) is 4.57. The molecular weight excluding hydrogens is 230 g/mol. The van der Waals surface area contributed by atoms with Gasteiger partial charge in [0.15, 0.2) is 0 Å². The minimum absolute atomic E-state index is 0.00985. The minimum atomic E-state index is 0.00985. The first-order chi connectivity index (χ1) is 8.71. The number of methoxy groups -OCH3 is 1. The van der Waals surface area contributed by atoms with Gasteiger partial charge in [-0.25, -0.2) is 0 Å². The zero-order valence-corrected chi connectivity index (χ0v) is 10.6. The highest BCUT2D eigenvalue weighted by molar-refractivity contribution is 5.92. The smallest absolute Gasteiger partial charge is 0.238 e. The predicted molar refractivity (Wildman–Crippen MR) is 70.6 cm³/mol. The molecule has 98 valence electrons. The summed E-state index contributed by atoms with van der Waals surface area (Å²) in [6.45, 7) is 2.98.